The van der Waals surface area contributed by atoms with E-state index in [9.17, 15) is 0 Å². The average Bonchev–Trinajstić information content (AvgIpc) is 2.54. The van der Waals surface area contributed by atoms with E-state index in [2.05, 4.69) is 58.9 Å². The van der Waals surface area contributed by atoms with Crippen LogP contribution >= 0.6 is 0 Å². The van der Waals surface area contributed by atoms with Gasteiger partial charge < -0.3 is 0 Å². The van der Waals surface area contributed by atoms with Crippen molar-refractivity contribution in [3.8, 4) is 0 Å². The lowest BCUT2D eigenvalue weighted by atomic mass is 9.80. The summed E-state index contributed by atoms with van der Waals surface area (Å²) in [5.74, 6) is 0.680. The van der Waals surface area contributed by atoms with Gasteiger partial charge in [0.2, 0.25) is 0 Å². The Hall–Kier alpha value is -0.780. The lowest BCUT2D eigenvalue weighted by Crippen LogP contribution is -2.13. The zero-order valence-electron chi connectivity index (χ0n) is 15.5. The van der Waals surface area contributed by atoms with Crippen molar-refractivity contribution in [2.75, 3.05) is 0 Å². The summed E-state index contributed by atoms with van der Waals surface area (Å²) in [7, 11) is 0. The van der Waals surface area contributed by atoms with Crippen molar-refractivity contribution in [3.63, 3.8) is 0 Å². The van der Waals surface area contributed by atoms with E-state index in [1.807, 2.05) is 27.7 Å². The molecule has 0 amide bonds. The average molecular weight is 295 g/mol. The van der Waals surface area contributed by atoms with Crippen LogP contribution < -0.4 is 0 Å². The van der Waals surface area contributed by atoms with Crippen LogP contribution in [0.2, 0.25) is 0 Å². The SMILES string of the molecule is C.C/C=C\C1=C(/C=C\C)C(C)CC(C)(C)CC1.CC.CC. The van der Waals surface area contributed by atoms with E-state index in [0.29, 0.717) is 11.3 Å². The minimum atomic E-state index is 0. The van der Waals surface area contributed by atoms with Gasteiger partial charge in [-0.1, -0.05) is 80.2 Å². The molecule has 21 heavy (non-hydrogen) atoms. The molecule has 0 N–H and O–H groups in total. The van der Waals surface area contributed by atoms with Crippen molar-refractivity contribution >= 4 is 0 Å². The predicted molar refractivity (Wildman–Crippen MR) is 103 cm³/mol. The predicted octanol–water partition coefficient (Wildman–Crippen LogP) is 7.97. The Bertz CT molecular complexity index is 313. The summed E-state index contributed by atoms with van der Waals surface area (Å²) < 4.78 is 0. The quantitative estimate of drug-likeness (QED) is 0.484. The molecule has 0 nitrogen and oxygen atoms in total. The number of allylic oxidation sites excluding steroid dienone is 6. The van der Waals surface area contributed by atoms with Gasteiger partial charge in [-0.15, -0.1) is 0 Å². The van der Waals surface area contributed by atoms with Crippen LogP contribution in [0.25, 0.3) is 0 Å². The van der Waals surface area contributed by atoms with Gasteiger partial charge >= 0.3 is 0 Å². The Balaban J connectivity index is -0.000000595. The standard InChI is InChI=1S/C16H26.2C2H6.CH4/c1-6-8-14-10-11-16(4,5)12-13(3)15(14)9-7-2;2*1-2;/h6-9,13H,10-12H2,1-5H3;2*1-2H3;1H4/b8-6-,9-7-;;;. The van der Waals surface area contributed by atoms with Crippen molar-refractivity contribution in [1.29, 1.82) is 0 Å². The summed E-state index contributed by atoms with van der Waals surface area (Å²) in [6.45, 7) is 19.4. The summed E-state index contributed by atoms with van der Waals surface area (Å²) in [6.07, 6.45) is 12.8. The number of rotatable bonds is 2. The van der Waals surface area contributed by atoms with Gasteiger partial charge in [0, 0.05) is 0 Å². The highest BCUT2D eigenvalue weighted by Gasteiger charge is 2.26. The van der Waals surface area contributed by atoms with Gasteiger partial charge in [0.25, 0.3) is 0 Å². The third-order valence-corrected chi connectivity index (χ3v) is 3.55. The highest BCUT2D eigenvalue weighted by Crippen LogP contribution is 2.40. The van der Waals surface area contributed by atoms with Crippen LogP contribution in [0.3, 0.4) is 0 Å². The van der Waals surface area contributed by atoms with Crippen LogP contribution in [0.15, 0.2) is 35.5 Å². The first kappa shape index (κ1) is 25.2. The summed E-state index contributed by atoms with van der Waals surface area (Å²) >= 11 is 0. The van der Waals surface area contributed by atoms with Gasteiger partial charge in [-0.05, 0) is 55.6 Å². The summed E-state index contributed by atoms with van der Waals surface area (Å²) in [5.41, 5.74) is 3.57. The van der Waals surface area contributed by atoms with Gasteiger partial charge in [-0.25, -0.2) is 0 Å². The van der Waals surface area contributed by atoms with Crippen LogP contribution in [-0.4, -0.2) is 0 Å². The summed E-state index contributed by atoms with van der Waals surface area (Å²) in [4.78, 5) is 0. The van der Waals surface area contributed by atoms with E-state index in [1.54, 1.807) is 11.1 Å². The van der Waals surface area contributed by atoms with Crippen LogP contribution in [0.4, 0.5) is 0 Å². The molecule has 0 saturated heterocycles. The molecule has 0 aromatic heterocycles. The molecule has 0 aliphatic heterocycles. The fourth-order valence-electron chi connectivity index (χ4n) is 2.81. The molecule has 1 atom stereocenters. The van der Waals surface area contributed by atoms with E-state index in [0.717, 1.165) is 0 Å². The monoisotopic (exact) mass is 294 g/mol. The maximum Gasteiger partial charge on any atom is -0.0183 e. The van der Waals surface area contributed by atoms with Crippen LogP contribution in [0.5, 0.6) is 0 Å². The molecule has 0 aromatic carbocycles. The molecule has 1 aliphatic carbocycles. The molecule has 0 saturated carbocycles. The Morgan fingerprint density at radius 1 is 0.952 bits per heavy atom. The molecule has 0 spiro atoms. The fraction of sp³-hybridized carbons (Fsp3) is 0.714. The molecule has 1 rings (SSSR count). The summed E-state index contributed by atoms with van der Waals surface area (Å²) in [6, 6.07) is 0. The van der Waals surface area contributed by atoms with Crippen LogP contribution in [0, 0.1) is 11.3 Å². The van der Waals surface area contributed by atoms with Gasteiger partial charge in [0.15, 0.2) is 0 Å². The number of hydrogen-bond acceptors (Lipinski definition) is 0. The van der Waals surface area contributed by atoms with Crippen LogP contribution in [-0.2, 0) is 0 Å². The van der Waals surface area contributed by atoms with Crippen molar-refractivity contribution in [2.45, 2.75) is 89.0 Å². The normalized spacial score (nSPS) is 20.9. The molecule has 0 fully saturated rings. The third-order valence-electron chi connectivity index (χ3n) is 3.55. The second-order valence-electron chi connectivity index (χ2n) is 5.75. The zero-order valence-corrected chi connectivity index (χ0v) is 15.5. The highest BCUT2D eigenvalue weighted by atomic mass is 14.3. The van der Waals surface area contributed by atoms with Crippen LogP contribution in [0.1, 0.15) is 89.0 Å². The van der Waals surface area contributed by atoms with E-state index in [-0.39, 0.29) is 7.43 Å². The van der Waals surface area contributed by atoms with E-state index >= 15 is 0 Å². The maximum absolute atomic E-state index is 2.40. The molecular formula is C21H42. The second-order valence-corrected chi connectivity index (χ2v) is 5.75. The first-order chi connectivity index (χ1) is 9.50. The maximum atomic E-state index is 2.40. The van der Waals surface area contributed by atoms with Crippen molar-refractivity contribution in [2.24, 2.45) is 11.3 Å². The Morgan fingerprint density at radius 3 is 1.86 bits per heavy atom. The van der Waals surface area contributed by atoms with Crippen molar-refractivity contribution in [3.05, 3.63) is 35.5 Å². The lowest BCUT2D eigenvalue weighted by molar-refractivity contribution is 0.285. The Labute approximate surface area is 136 Å². The largest absolute Gasteiger partial charge is 0.0874 e. The zero-order chi connectivity index (χ0) is 16.2. The first-order valence-corrected chi connectivity index (χ1v) is 8.48. The van der Waals surface area contributed by atoms with Crippen molar-refractivity contribution < 1.29 is 0 Å². The minimum Gasteiger partial charge on any atom is -0.0874 e. The third kappa shape index (κ3) is 9.72. The van der Waals surface area contributed by atoms with E-state index in [1.165, 1.54) is 19.3 Å². The molecular weight excluding hydrogens is 252 g/mol. The van der Waals surface area contributed by atoms with Gasteiger partial charge in [0.05, 0.1) is 0 Å². The Kier molecular flexibility index (Phi) is 17.0. The molecule has 0 bridgehead atoms. The molecule has 0 heteroatoms. The summed E-state index contributed by atoms with van der Waals surface area (Å²) in [5, 5.41) is 0. The first-order valence-electron chi connectivity index (χ1n) is 8.48. The van der Waals surface area contributed by atoms with Gasteiger partial charge in [-0.2, -0.15) is 0 Å². The topological polar surface area (TPSA) is 0 Å². The minimum absolute atomic E-state index is 0. The molecule has 0 radical (unpaired) electrons. The van der Waals surface area contributed by atoms with E-state index < -0.39 is 0 Å². The van der Waals surface area contributed by atoms with Crippen molar-refractivity contribution in [1.82, 2.24) is 0 Å². The molecule has 0 heterocycles. The smallest absolute Gasteiger partial charge is 0.0183 e. The highest BCUT2D eigenvalue weighted by molar-refractivity contribution is 5.35. The lowest BCUT2D eigenvalue weighted by Gasteiger charge is -2.25. The van der Waals surface area contributed by atoms with E-state index in [4.69, 9.17) is 0 Å². The second kappa shape index (κ2) is 14.2. The fourth-order valence-corrected chi connectivity index (χ4v) is 2.81. The Morgan fingerprint density at radius 2 is 1.43 bits per heavy atom. The number of hydrogen-bond donors (Lipinski definition) is 0. The molecule has 0 aromatic rings. The molecule has 1 aliphatic rings. The van der Waals surface area contributed by atoms with Gasteiger partial charge in [-0.3, -0.25) is 0 Å². The molecule has 126 valence electrons. The van der Waals surface area contributed by atoms with Gasteiger partial charge in [0.1, 0.15) is 0 Å². The molecule has 1 unspecified atom stereocenters.